The number of carbonyl (C=O) groups excluding carboxylic acids is 1. The van der Waals surface area contributed by atoms with Crippen LogP contribution in [-0.4, -0.2) is 34.6 Å². The normalized spacial score (nSPS) is 15.5. The molecule has 0 aliphatic carbocycles. The lowest BCUT2D eigenvalue weighted by Crippen LogP contribution is -2.28. The van der Waals surface area contributed by atoms with E-state index in [9.17, 15) is 14.9 Å². The highest BCUT2D eigenvalue weighted by Gasteiger charge is 2.33. The van der Waals surface area contributed by atoms with Gasteiger partial charge in [0.05, 0.1) is 34.3 Å². The quantitative estimate of drug-likeness (QED) is 0.194. The van der Waals surface area contributed by atoms with E-state index in [0.717, 1.165) is 22.4 Å². The van der Waals surface area contributed by atoms with E-state index < -0.39 is 4.92 Å². The van der Waals surface area contributed by atoms with Gasteiger partial charge in [0, 0.05) is 6.54 Å². The number of aryl methyl sites for hydroxylation is 2. The number of ether oxygens (including phenoxy) is 2. The SMILES string of the molecule is CCN1C(=O)/C(=C\c2cc(OC)c(OCc3ccccc3)cc2[N+](=O)[O-])SC1=Nc1cc(C)ccc1C. The number of amides is 1. The maximum atomic E-state index is 13.2. The van der Waals surface area contributed by atoms with Crippen LogP contribution in [0.15, 0.2) is 70.6 Å². The first kappa shape index (κ1) is 26.0. The van der Waals surface area contributed by atoms with Crippen molar-refractivity contribution in [3.05, 3.63) is 97.9 Å². The molecule has 1 aliphatic heterocycles. The minimum atomic E-state index is -0.492. The number of methoxy groups -OCH3 is 1. The number of aliphatic imine (C=N–C) groups is 1. The number of likely N-dealkylation sites (N-methyl/N-ethyl adjacent to an activating group) is 1. The van der Waals surface area contributed by atoms with Crippen molar-refractivity contribution in [1.82, 2.24) is 4.90 Å². The number of nitrogens with zero attached hydrogens (tertiary/aromatic N) is 3. The summed E-state index contributed by atoms with van der Waals surface area (Å²) in [5, 5.41) is 12.5. The summed E-state index contributed by atoms with van der Waals surface area (Å²) in [6.07, 6.45) is 1.52. The van der Waals surface area contributed by atoms with Gasteiger partial charge in [0.15, 0.2) is 16.7 Å². The number of nitro benzene ring substituents is 1. The predicted octanol–water partition coefficient (Wildman–Crippen LogP) is 6.42. The number of carbonyl (C=O) groups is 1. The Morgan fingerprint density at radius 1 is 1.08 bits per heavy atom. The monoisotopic (exact) mass is 517 g/mol. The molecule has 1 amide bonds. The van der Waals surface area contributed by atoms with Gasteiger partial charge in [-0.15, -0.1) is 0 Å². The average Bonchev–Trinajstić information content (AvgIpc) is 3.18. The van der Waals surface area contributed by atoms with Crippen LogP contribution >= 0.6 is 11.8 Å². The molecule has 190 valence electrons. The molecule has 0 bridgehead atoms. The van der Waals surface area contributed by atoms with Gasteiger partial charge in [-0.2, -0.15) is 0 Å². The fraction of sp³-hybridized carbons (Fsp3) is 0.214. The van der Waals surface area contributed by atoms with Crippen LogP contribution in [0.1, 0.15) is 29.2 Å². The Morgan fingerprint density at radius 3 is 2.51 bits per heavy atom. The van der Waals surface area contributed by atoms with Crippen molar-refractivity contribution < 1.29 is 19.2 Å². The molecule has 1 saturated heterocycles. The topological polar surface area (TPSA) is 94.3 Å². The van der Waals surface area contributed by atoms with E-state index in [4.69, 9.17) is 14.5 Å². The van der Waals surface area contributed by atoms with Gasteiger partial charge in [0.25, 0.3) is 11.6 Å². The predicted molar refractivity (Wildman–Crippen MR) is 146 cm³/mol. The molecule has 1 aliphatic rings. The molecule has 0 N–H and O–H groups in total. The fourth-order valence-corrected chi connectivity index (χ4v) is 4.85. The number of nitro groups is 1. The van der Waals surface area contributed by atoms with Crippen LogP contribution in [0, 0.1) is 24.0 Å². The summed E-state index contributed by atoms with van der Waals surface area (Å²) in [5.41, 5.74) is 3.81. The molecule has 0 unspecified atom stereocenters. The Balaban J connectivity index is 1.69. The second-order valence-corrected chi connectivity index (χ2v) is 9.45. The van der Waals surface area contributed by atoms with Crippen molar-refractivity contribution >= 4 is 40.3 Å². The summed E-state index contributed by atoms with van der Waals surface area (Å²) in [4.78, 5) is 31.3. The van der Waals surface area contributed by atoms with Gasteiger partial charge in [-0.3, -0.25) is 19.8 Å². The molecule has 9 heteroatoms. The molecule has 8 nitrogen and oxygen atoms in total. The van der Waals surface area contributed by atoms with E-state index in [0.29, 0.717) is 22.4 Å². The molecule has 4 rings (SSSR count). The van der Waals surface area contributed by atoms with Crippen molar-refractivity contribution in [2.45, 2.75) is 27.4 Å². The van der Waals surface area contributed by atoms with Crippen LogP contribution in [0.3, 0.4) is 0 Å². The van der Waals surface area contributed by atoms with Gasteiger partial charge in [0.1, 0.15) is 6.61 Å². The molecule has 0 spiro atoms. The first-order valence-electron chi connectivity index (χ1n) is 11.7. The number of hydrogen-bond acceptors (Lipinski definition) is 7. The molecule has 1 heterocycles. The molecular weight excluding hydrogens is 490 g/mol. The van der Waals surface area contributed by atoms with Gasteiger partial charge in [-0.1, -0.05) is 42.5 Å². The standard InChI is InChI=1S/C28H27N3O5S/c1-5-30-27(32)26(37-28(30)29-22-13-18(2)11-12-19(22)3)15-21-14-24(35-4)25(16-23(21)31(33)34)36-17-20-9-7-6-8-10-20/h6-16H,5,17H2,1-4H3/b26-15+,29-28?. The van der Waals surface area contributed by atoms with Crippen LogP contribution in [0.5, 0.6) is 11.5 Å². The molecule has 0 aromatic heterocycles. The highest BCUT2D eigenvalue weighted by Crippen LogP contribution is 2.40. The molecule has 1 fully saturated rings. The number of thioether (sulfide) groups is 1. The van der Waals surface area contributed by atoms with Crippen molar-refractivity contribution in [3.63, 3.8) is 0 Å². The van der Waals surface area contributed by atoms with Crippen molar-refractivity contribution in [2.24, 2.45) is 4.99 Å². The maximum Gasteiger partial charge on any atom is 0.280 e. The van der Waals surface area contributed by atoms with E-state index in [1.165, 1.54) is 37.1 Å². The van der Waals surface area contributed by atoms with Gasteiger partial charge in [-0.25, -0.2) is 4.99 Å². The van der Waals surface area contributed by atoms with E-state index in [-0.39, 0.29) is 29.5 Å². The summed E-state index contributed by atoms with van der Waals surface area (Å²) in [6, 6.07) is 18.3. The molecule has 3 aromatic rings. The van der Waals surface area contributed by atoms with Gasteiger partial charge < -0.3 is 9.47 Å². The van der Waals surface area contributed by atoms with Gasteiger partial charge in [0.2, 0.25) is 0 Å². The lowest BCUT2D eigenvalue weighted by molar-refractivity contribution is -0.385. The Labute approximate surface area is 219 Å². The Morgan fingerprint density at radius 2 is 1.84 bits per heavy atom. The first-order chi connectivity index (χ1) is 17.8. The molecule has 37 heavy (non-hydrogen) atoms. The van der Waals surface area contributed by atoms with E-state index in [1.54, 1.807) is 4.90 Å². The summed E-state index contributed by atoms with van der Waals surface area (Å²) >= 11 is 1.19. The zero-order valence-electron chi connectivity index (χ0n) is 21.1. The fourth-order valence-electron chi connectivity index (χ4n) is 3.80. The molecule has 3 aromatic carbocycles. The van der Waals surface area contributed by atoms with Crippen LogP contribution < -0.4 is 9.47 Å². The second kappa shape index (κ2) is 11.3. The highest BCUT2D eigenvalue weighted by atomic mass is 32.2. The minimum absolute atomic E-state index is 0.187. The summed E-state index contributed by atoms with van der Waals surface area (Å²) in [5.74, 6) is 0.327. The third-order valence-corrected chi connectivity index (χ3v) is 6.83. The number of benzene rings is 3. The second-order valence-electron chi connectivity index (χ2n) is 8.44. The van der Waals surface area contributed by atoms with E-state index in [2.05, 4.69) is 0 Å². The molecule has 0 radical (unpaired) electrons. The summed E-state index contributed by atoms with van der Waals surface area (Å²) in [7, 11) is 1.47. The van der Waals surface area contributed by atoms with Gasteiger partial charge >= 0.3 is 0 Å². The van der Waals surface area contributed by atoms with E-state index >= 15 is 0 Å². The largest absolute Gasteiger partial charge is 0.493 e. The maximum absolute atomic E-state index is 13.2. The Hall–Kier alpha value is -4.11. The zero-order valence-corrected chi connectivity index (χ0v) is 21.9. The lowest BCUT2D eigenvalue weighted by Gasteiger charge is -2.13. The molecular formula is C28H27N3O5S. The summed E-state index contributed by atoms with van der Waals surface area (Å²) < 4.78 is 11.3. The highest BCUT2D eigenvalue weighted by molar-refractivity contribution is 8.18. The number of hydrogen-bond donors (Lipinski definition) is 0. The third-order valence-electron chi connectivity index (χ3n) is 5.82. The smallest absolute Gasteiger partial charge is 0.280 e. The van der Waals surface area contributed by atoms with Crippen LogP contribution in [-0.2, 0) is 11.4 Å². The van der Waals surface area contributed by atoms with Gasteiger partial charge in [-0.05, 0) is 67.4 Å². The number of amidine groups is 1. The Kier molecular flexibility index (Phi) is 7.93. The lowest BCUT2D eigenvalue weighted by atomic mass is 10.1. The van der Waals surface area contributed by atoms with Crippen molar-refractivity contribution in [2.75, 3.05) is 13.7 Å². The number of rotatable bonds is 8. The average molecular weight is 518 g/mol. The third kappa shape index (κ3) is 5.83. The zero-order chi connectivity index (χ0) is 26.5. The molecule has 0 saturated carbocycles. The van der Waals surface area contributed by atoms with Crippen LogP contribution in [0.25, 0.3) is 6.08 Å². The minimum Gasteiger partial charge on any atom is -0.493 e. The van der Waals surface area contributed by atoms with Crippen LogP contribution in [0.2, 0.25) is 0 Å². The van der Waals surface area contributed by atoms with Crippen molar-refractivity contribution in [3.8, 4) is 11.5 Å². The van der Waals surface area contributed by atoms with Crippen LogP contribution in [0.4, 0.5) is 11.4 Å². The molecule has 0 atom stereocenters. The first-order valence-corrected chi connectivity index (χ1v) is 12.5. The Bertz CT molecular complexity index is 1400. The van der Waals surface area contributed by atoms with E-state index in [1.807, 2.05) is 69.3 Å². The van der Waals surface area contributed by atoms with Crippen molar-refractivity contribution in [1.29, 1.82) is 0 Å². The summed E-state index contributed by atoms with van der Waals surface area (Å²) in [6.45, 7) is 6.46.